The first-order valence-corrected chi connectivity index (χ1v) is 7.14. The summed E-state index contributed by atoms with van der Waals surface area (Å²) < 4.78 is 13.5. The number of nitrogens with one attached hydrogen (secondary N) is 1. The van der Waals surface area contributed by atoms with E-state index in [9.17, 15) is 9.18 Å². The van der Waals surface area contributed by atoms with Gasteiger partial charge in [0, 0.05) is 10.9 Å². The fourth-order valence-electron chi connectivity index (χ4n) is 1.79. The van der Waals surface area contributed by atoms with Crippen molar-refractivity contribution in [2.24, 2.45) is 0 Å². The first-order chi connectivity index (χ1) is 8.16. The molecule has 0 atom stereocenters. The van der Waals surface area contributed by atoms with Crippen LogP contribution in [0.2, 0.25) is 0 Å². The molecule has 1 aromatic carbocycles. The summed E-state index contributed by atoms with van der Waals surface area (Å²) >= 11 is 6.00. The van der Waals surface area contributed by atoms with Crippen molar-refractivity contribution in [1.82, 2.24) is 5.32 Å². The van der Waals surface area contributed by atoms with E-state index in [1.165, 1.54) is 18.2 Å². The Balaban J connectivity index is 2.05. The molecule has 0 radical (unpaired) electrons. The highest BCUT2D eigenvalue weighted by Crippen LogP contribution is 2.18. The van der Waals surface area contributed by atoms with Crippen molar-refractivity contribution in [3.63, 3.8) is 0 Å². The Hall–Kier alpha value is -0.680. The Morgan fingerprint density at radius 1 is 1.41 bits per heavy atom. The van der Waals surface area contributed by atoms with Gasteiger partial charge in [-0.2, -0.15) is 11.8 Å². The maximum absolute atomic E-state index is 13.5. The number of hydrogen-bond donors (Lipinski definition) is 2. The van der Waals surface area contributed by atoms with Crippen molar-refractivity contribution in [3.8, 4) is 0 Å². The standard InChI is InChI=1S/C12H14FNOS2/c13-11-2-1-9(16)7-10(11)12(15)14-8-3-5-17-6-4-8/h1-2,7-8,16H,3-6H2,(H,14,15). The van der Waals surface area contributed by atoms with Crippen LogP contribution in [0.1, 0.15) is 23.2 Å². The highest BCUT2D eigenvalue weighted by molar-refractivity contribution is 7.99. The van der Waals surface area contributed by atoms with Gasteiger partial charge >= 0.3 is 0 Å². The van der Waals surface area contributed by atoms with Crippen LogP contribution in [0.3, 0.4) is 0 Å². The normalized spacial score (nSPS) is 16.8. The third kappa shape index (κ3) is 3.39. The molecular formula is C12H14FNOS2. The topological polar surface area (TPSA) is 29.1 Å². The molecule has 1 heterocycles. The van der Waals surface area contributed by atoms with E-state index >= 15 is 0 Å². The number of carbonyl (C=O) groups excluding carboxylic acids is 1. The van der Waals surface area contributed by atoms with Crippen LogP contribution in [0.25, 0.3) is 0 Å². The summed E-state index contributed by atoms with van der Waals surface area (Å²) in [7, 11) is 0. The van der Waals surface area contributed by atoms with Crippen LogP contribution in [-0.2, 0) is 0 Å². The average molecular weight is 271 g/mol. The maximum Gasteiger partial charge on any atom is 0.254 e. The van der Waals surface area contributed by atoms with Crippen LogP contribution in [0.4, 0.5) is 4.39 Å². The molecule has 1 N–H and O–H groups in total. The van der Waals surface area contributed by atoms with Crippen LogP contribution in [0, 0.1) is 5.82 Å². The molecule has 1 saturated heterocycles. The molecule has 2 nitrogen and oxygen atoms in total. The van der Waals surface area contributed by atoms with Gasteiger partial charge in [0.15, 0.2) is 0 Å². The minimum atomic E-state index is -0.495. The van der Waals surface area contributed by atoms with E-state index < -0.39 is 5.82 Å². The number of halogens is 1. The van der Waals surface area contributed by atoms with Crippen molar-refractivity contribution in [2.75, 3.05) is 11.5 Å². The second-order valence-corrected chi connectivity index (χ2v) is 5.77. The van der Waals surface area contributed by atoms with Crippen LogP contribution >= 0.6 is 24.4 Å². The molecule has 92 valence electrons. The number of thiol groups is 1. The molecule has 0 aromatic heterocycles. The number of rotatable bonds is 2. The molecular weight excluding hydrogens is 257 g/mol. The second-order valence-electron chi connectivity index (χ2n) is 4.02. The van der Waals surface area contributed by atoms with Gasteiger partial charge in [-0.25, -0.2) is 4.39 Å². The van der Waals surface area contributed by atoms with Crippen molar-refractivity contribution < 1.29 is 9.18 Å². The smallest absolute Gasteiger partial charge is 0.254 e. The highest BCUT2D eigenvalue weighted by Gasteiger charge is 2.18. The van der Waals surface area contributed by atoms with Gasteiger partial charge in [-0.15, -0.1) is 12.6 Å². The summed E-state index contributed by atoms with van der Waals surface area (Å²) in [5.74, 6) is 1.28. The molecule has 0 bridgehead atoms. The molecule has 1 amide bonds. The van der Waals surface area contributed by atoms with E-state index in [0.29, 0.717) is 4.90 Å². The predicted molar refractivity (Wildman–Crippen MR) is 71.5 cm³/mol. The van der Waals surface area contributed by atoms with E-state index in [2.05, 4.69) is 17.9 Å². The fourth-order valence-corrected chi connectivity index (χ4v) is 3.10. The van der Waals surface area contributed by atoms with Crippen LogP contribution in [0.15, 0.2) is 23.1 Å². The Labute approximate surface area is 110 Å². The van der Waals surface area contributed by atoms with Crippen molar-refractivity contribution in [2.45, 2.75) is 23.8 Å². The van der Waals surface area contributed by atoms with Crippen LogP contribution in [0.5, 0.6) is 0 Å². The summed E-state index contributed by atoms with van der Waals surface area (Å²) in [5, 5.41) is 2.88. The zero-order chi connectivity index (χ0) is 12.3. The van der Waals surface area contributed by atoms with Crippen LogP contribution in [-0.4, -0.2) is 23.5 Å². The zero-order valence-corrected chi connectivity index (χ0v) is 11.0. The van der Waals surface area contributed by atoms with Crippen molar-refractivity contribution in [1.29, 1.82) is 0 Å². The lowest BCUT2D eigenvalue weighted by Crippen LogP contribution is -2.37. The summed E-state index contributed by atoms with van der Waals surface area (Å²) in [6.07, 6.45) is 1.91. The summed E-state index contributed by atoms with van der Waals surface area (Å²) in [6, 6.07) is 4.44. The molecule has 1 fully saturated rings. The number of amides is 1. The Morgan fingerprint density at radius 2 is 2.12 bits per heavy atom. The summed E-state index contributed by atoms with van der Waals surface area (Å²) in [6.45, 7) is 0. The molecule has 0 aliphatic carbocycles. The monoisotopic (exact) mass is 271 g/mol. The third-order valence-electron chi connectivity index (χ3n) is 2.75. The molecule has 0 unspecified atom stereocenters. The summed E-state index contributed by atoms with van der Waals surface area (Å²) in [5.41, 5.74) is 0.0794. The fraction of sp³-hybridized carbons (Fsp3) is 0.417. The van der Waals surface area contributed by atoms with Gasteiger partial charge in [-0.3, -0.25) is 4.79 Å². The SMILES string of the molecule is O=C(NC1CCSCC1)c1cc(S)ccc1F. The van der Waals surface area contributed by atoms with Crippen molar-refractivity contribution in [3.05, 3.63) is 29.6 Å². The quantitative estimate of drug-likeness (QED) is 0.810. The third-order valence-corrected chi connectivity index (χ3v) is 4.08. The first kappa shape index (κ1) is 12.8. The first-order valence-electron chi connectivity index (χ1n) is 5.54. The van der Waals surface area contributed by atoms with Gasteiger partial charge in [0.25, 0.3) is 5.91 Å². The second kappa shape index (κ2) is 5.78. The molecule has 17 heavy (non-hydrogen) atoms. The molecule has 2 rings (SSSR count). The number of thioether (sulfide) groups is 1. The van der Waals surface area contributed by atoms with Gasteiger partial charge in [-0.05, 0) is 42.5 Å². The molecule has 1 aliphatic heterocycles. The number of hydrogen-bond acceptors (Lipinski definition) is 3. The Bertz CT molecular complexity index is 419. The Morgan fingerprint density at radius 3 is 2.82 bits per heavy atom. The lowest BCUT2D eigenvalue weighted by atomic mass is 10.1. The Kier molecular flexibility index (Phi) is 4.34. The van der Waals surface area contributed by atoms with E-state index in [1.807, 2.05) is 11.8 Å². The van der Waals surface area contributed by atoms with Crippen LogP contribution < -0.4 is 5.32 Å². The largest absolute Gasteiger partial charge is 0.349 e. The van der Waals surface area contributed by atoms with Gasteiger partial charge in [0.1, 0.15) is 5.82 Å². The lowest BCUT2D eigenvalue weighted by molar-refractivity contribution is 0.0930. The predicted octanol–water partition coefficient (Wildman–Crippen LogP) is 2.74. The molecule has 1 aliphatic rings. The minimum Gasteiger partial charge on any atom is -0.349 e. The lowest BCUT2D eigenvalue weighted by Gasteiger charge is -2.22. The molecule has 0 saturated carbocycles. The average Bonchev–Trinajstić information content (AvgIpc) is 2.33. The molecule has 0 spiro atoms. The van der Waals surface area contributed by atoms with Gasteiger partial charge < -0.3 is 5.32 Å². The summed E-state index contributed by atoms with van der Waals surface area (Å²) in [4.78, 5) is 12.5. The zero-order valence-electron chi connectivity index (χ0n) is 9.28. The molecule has 5 heteroatoms. The highest BCUT2D eigenvalue weighted by atomic mass is 32.2. The number of benzene rings is 1. The van der Waals surface area contributed by atoms with Gasteiger partial charge in [-0.1, -0.05) is 0 Å². The van der Waals surface area contributed by atoms with E-state index in [4.69, 9.17) is 0 Å². The maximum atomic E-state index is 13.5. The van der Waals surface area contributed by atoms with Gasteiger partial charge in [0.2, 0.25) is 0 Å². The van der Waals surface area contributed by atoms with Crippen molar-refractivity contribution >= 4 is 30.3 Å². The van der Waals surface area contributed by atoms with E-state index in [1.54, 1.807) is 0 Å². The molecule has 1 aromatic rings. The van der Waals surface area contributed by atoms with Gasteiger partial charge in [0.05, 0.1) is 5.56 Å². The number of carbonyl (C=O) groups is 1. The van der Waals surface area contributed by atoms with E-state index in [-0.39, 0.29) is 17.5 Å². The minimum absolute atomic E-state index is 0.0794. The van der Waals surface area contributed by atoms with E-state index in [0.717, 1.165) is 24.3 Å².